The number of benzene rings is 2. The van der Waals surface area contributed by atoms with Gasteiger partial charge >= 0.3 is 0 Å². The van der Waals surface area contributed by atoms with Gasteiger partial charge < -0.3 is 10.3 Å². The minimum absolute atomic E-state index is 0.210. The van der Waals surface area contributed by atoms with Crippen LogP contribution in [0.15, 0.2) is 65.8 Å². The van der Waals surface area contributed by atoms with E-state index in [0.717, 1.165) is 26.6 Å². The highest BCUT2D eigenvalue weighted by Gasteiger charge is 2.15. The Morgan fingerprint density at radius 3 is 2.62 bits per heavy atom. The summed E-state index contributed by atoms with van der Waals surface area (Å²) in [6.07, 6.45) is 1.81. The summed E-state index contributed by atoms with van der Waals surface area (Å²) in [5, 5.41) is 3.81. The molecule has 0 aliphatic heterocycles. The summed E-state index contributed by atoms with van der Waals surface area (Å²) in [4.78, 5) is 15.5. The standard InChI is InChI=1S/C17H13BrN2O/c1-11(17(21)20-12-6-3-2-4-7-12)13-10-19-15-9-5-8-14(18)16(13)15/h2-10,19H,1H2,(H,20,21). The number of halogens is 1. The summed E-state index contributed by atoms with van der Waals surface area (Å²) >= 11 is 3.52. The van der Waals surface area contributed by atoms with Gasteiger partial charge in [0, 0.05) is 38.4 Å². The highest BCUT2D eigenvalue weighted by molar-refractivity contribution is 9.10. The number of anilines is 1. The molecule has 4 heteroatoms. The molecule has 0 radical (unpaired) electrons. The molecule has 0 unspecified atom stereocenters. The van der Waals surface area contributed by atoms with E-state index in [1.54, 1.807) is 0 Å². The molecule has 0 fully saturated rings. The van der Waals surface area contributed by atoms with Crippen molar-refractivity contribution in [2.45, 2.75) is 0 Å². The fourth-order valence-electron chi connectivity index (χ4n) is 2.23. The van der Waals surface area contributed by atoms with Crippen molar-refractivity contribution < 1.29 is 4.79 Å². The minimum atomic E-state index is -0.210. The number of hydrogen-bond donors (Lipinski definition) is 2. The predicted octanol–water partition coefficient (Wildman–Crippen LogP) is 4.58. The summed E-state index contributed by atoms with van der Waals surface area (Å²) in [6.45, 7) is 3.93. The lowest BCUT2D eigenvalue weighted by Gasteiger charge is -2.07. The number of carbonyl (C=O) groups is 1. The van der Waals surface area contributed by atoms with Crippen LogP contribution in [0.5, 0.6) is 0 Å². The van der Waals surface area contributed by atoms with Crippen LogP contribution in [0.2, 0.25) is 0 Å². The molecule has 2 N–H and O–H groups in total. The molecule has 0 aliphatic carbocycles. The van der Waals surface area contributed by atoms with E-state index in [1.807, 2.05) is 54.7 Å². The van der Waals surface area contributed by atoms with Crippen LogP contribution < -0.4 is 5.32 Å². The Balaban J connectivity index is 1.92. The average Bonchev–Trinajstić information content (AvgIpc) is 2.93. The van der Waals surface area contributed by atoms with Crippen LogP contribution in [0.25, 0.3) is 16.5 Å². The van der Waals surface area contributed by atoms with Gasteiger partial charge in [0.25, 0.3) is 5.91 Å². The lowest BCUT2D eigenvalue weighted by atomic mass is 10.1. The van der Waals surface area contributed by atoms with E-state index >= 15 is 0 Å². The molecule has 3 aromatic rings. The van der Waals surface area contributed by atoms with Gasteiger partial charge in [-0.1, -0.05) is 46.8 Å². The lowest BCUT2D eigenvalue weighted by Crippen LogP contribution is -2.12. The first-order valence-electron chi connectivity index (χ1n) is 6.48. The smallest absolute Gasteiger partial charge is 0.255 e. The van der Waals surface area contributed by atoms with Crippen LogP contribution in [0.1, 0.15) is 5.56 Å². The monoisotopic (exact) mass is 340 g/mol. The number of aromatic nitrogens is 1. The van der Waals surface area contributed by atoms with Gasteiger partial charge in [0.05, 0.1) is 0 Å². The number of nitrogens with one attached hydrogen (secondary N) is 2. The zero-order valence-corrected chi connectivity index (χ0v) is 12.8. The molecule has 1 amide bonds. The Morgan fingerprint density at radius 1 is 1.10 bits per heavy atom. The Hall–Kier alpha value is -2.33. The van der Waals surface area contributed by atoms with Gasteiger partial charge in [-0.15, -0.1) is 0 Å². The maximum atomic E-state index is 12.3. The third-order valence-electron chi connectivity index (χ3n) is 3.29. The normalized spacial score (nSPS) is 10.5. The number of rotatable bonds is 3. The molecular formula is C17H13BrN2O. The van der Waals surface area contributed by atoms with Crippen LogP contribution in [0, 0.1) is 0 Å². The second kappa shape index (κ2) is 5.58. The molecule has 104 valence electrons. The predicted molar refractivity (Wildman–Crippen MR) is 90.1 cm³/mol. The van der Waals surface area contributed by atoms with E-state index < -0.39 is 0 Å². The van der Waals surface area contributed by atoms with E-state index in [4.69, 9.17) is 0 Å². The molecule has 0 spiro atoms. The molecule has 0 aliphatic rings. The molecule has 1 heterocycles. The van der Waals surface area contributed by atoms with Crippen molar-refractivity contribution in [3.05, 3.63) is 71.3 Å². The molecule has 0 saturated carbocycles. The van der Waals surface area contributed by atoms with Crippen LogP contribution in [-0.4, -0.2) is 10.9 Å². The first-order valence-corrected chi connectivity index (χ1v) is 7.27. The zero-order chi connectivity index (χ0) is 14.8. The van der Waals surface area contributed by atoms with Gasteiger partial charge in [-0.2, -0.15) is 0 Å². The number of H-pyrrole nitrogens is 1. The van der Waals surface area contributed by atoms with E-state index in [-0.39, 0.29) is 5.91 Å². The second-order valence-electron chi connectivity index (χ2n) is 4.66. The van der Waals surface area contributed by atoms with Gasteiger partial charge in [0.1, 0.15) is 0 Å². The molecule has 1 aromatic heterocycles. The molecule has 0 bridgehead atoms. The van der Waals surface area contributed by atoms with Crippen molar-refractivity contribution in [1.82, 2.24) is 4.98 Å². The highest BCUT2D eigenvalue weighted by Crippen LogP contribution is 2.31. The van der Waals surface area contributed by atoms with Crippen LogP contribution in [-0.2, 0) is 4.79 Å². The summed E-state index contributed by atoms with van der Waals surface area (Å²) in [7, 11) is 0. The fourth-order valence-corrected chi connectivity index (χ4v) is 2.81. The topological polar surface area (TPSA) is 44.9 Å². The average molecular weight is 341 g/mol. The zero-order valence-electron chi connectivity index (χ0n) is 11.2. The maximum Gasteiger partial charge on any atom is 0.255 e. The quantitative estimate of drug-likeness (QED) is 0.673. The van der Waals surface area contributed by atoms with Crippen molar-refractivity contribution in [3.8, 4) is 0 Å². The number of fused-ring (bicyclic) bond motifs is 1. The van der Waals surface area contributed by atoms with Crippen molar-refractivity contribution in [2.75, 3.05) is 5.32 Å². The van der Waals surface area contributed by atoms with E-state index in [2.05, 4.69) is 32.8 Å². The van der Waals surface area contributed by atoms with Gasteiger partial charge in [-0.25, -0.2) is 0 Å². The number of para-hydroxylation sites is 1. The molecule has 2 aromatic carbocycles. The Kier molecular flexibility index (Phi) is 3.62. The van der Waals surface area contributed by atoms with E-state index in [0.29, 0.717) is 5.57 Å². The van der Waals surface area contributed by atoms with Gasteiger partial charge in [-0.05, 0) is 24.3 Å². The Labute approximate surface area is 130 Å². The van der Waals surface area contributed by atoms with Gasteiger partial charge in [0.15, 0.2) is 0 Å². The first-order chi connectivity index (χ1) is 10.2. The third-order valence-corrected chi connectivity index (χ3v) is 3.95. The first kappa shape index (κ1) is 13.6. The van der Waals surface area contributed by atoms with Gasteiger partial charge in [-0.3, -0.25) is 4.79 Å². The number of hydrogen-bond acceptors (Lipinski definition) is 1. The molecule has 21 heavy (non-hydrogen) atoms. The van der Waals surface area contributed by atoms with E-state index in [1.165, 1.54) is 0 Å². The van der Waals surface area contributed by atoms with E-state index in [9.17, 15) is 4.79 Å². The third kappa shape index (κ3) is 2.62. The number of carbonyl (C=O) groups excluding carboxylic acids is 1. The van der Waals surface area contributed by atoms with Crippen LogP contribution in [0.3, 0.4) is 0 Å². The van der Waals surface area contributed by atoms with Crippen LogP contribution in [0.4, 0.5) is 5.69 Å². The Morgan fingerprint density at radius 2 is 1.86 bits per heavy atom. The Bertz CT molecular complexity index is 821. The maximum absolute atomic E-state index is 12.3. The van der Waals surface area contributed by atoms with Crippen molar-refractivity contribution in [1.29, 1.82) is 0 Å². The van der Waals surface area contributed by atoms with Crippen molar-refractivity contribution >= 4 is 44.0 Å². The molecule has 3 rings (SSSR count). The fraction of sp³-hybridized carbons (Fsp3) is 0. The minimum Gasteiger partial charge on any atom is -0.361 e. The number of amides is 1. The van der Waals surface area contributed by atoms with Gasteiger partial charge in [0.2, 0.25) is 0 Å². The van der Waals surface area contributed by atoms with Crippen molar-refractivity contribution in [3.63, 3.8) is 0 Å². The number of aromatic amines is 1. The van der Waals surface area contributed by atoms with Crippen molar-refractivity contribution in [2.24, 2.45) is 0 Å². The summed E-state index contributed by atoms with van der Waals surface area (Å²) in [6, 6.07) is 15.2. The second-order valence-corrected chi connectivity index (χ2v) is 5.52. The summed E-state index contributed by atoms with van der Waals surface area (Å²) in [5.41, 5.74) is 2.94. The summed E-state index contributed by atoms with van der Waals surface area (Å²) < 4.78 is 0.935. The SMILES string of the molecule is C=C(C(=O)Nc1ccccc1)c1c[nH]c2cccc(Br)c12. The molecule has 3 nitrogen and oxygen atoms in total. The largest absolute Gasteiger partial charge is 0.361 e. The van der Waals surface area contributed by atoms with Crippen LogP contribution >= 0.6 is 15.9 Å². The molecular weight excluding hydrogens is 328 g/mol. The highest BCUT2D eigenvalue weighted by atomic mass is 79.9. The summed E-state index contributed by atoms with van der Waals surface area (Å²) in [5.74, 6) is -0.210. The molecule has 0 saturated heterocycles. The molecule has 0 atom stereocenters. The lowest BCUT2D eigenvalue weighted by molar-refractivity contribution is -0.111.